The Morgan fingerprint density at radius 3 is 1.00 bits per heavy atom. The van der Waals surface area contributed by atoms with Crippen molar-refractivity contribution in [1.82, 2.24) is 0 Å². The average molecular weight is 1140 g/mol. The van der Waals surface area contributed by atoms with Crippen LogP contribution in [0.1, 0.15) is 137 Å². The van der Waals surface area contributed by atoms with E-state index in [0.29, 0.717) is 0 Å². The monoisotopic (exact) mass is 1140 g/mol. The van der Waals surface area contributed by atoms with Crippen LogP contribution < -0.4 is 31.1 Å². The van der Waals surface area contributed by atoms with Crippen molar-refractivity contribution in [3.05, 3.63) is 322 Å². The maximum Gasteiger partial charge on any atom is 0.252 e. The molecule has 2 aliphatic heterocycles. The highest BCUT2D eigenvalue weighted by atomic mass is 15.2. The van der Waals surface area contributed by atoms with E-state index < -0.39 is 0 Å². The maximum absolute atomic E-state index is 2.60. The molecule has 2 heterocycles. The molecule has 0 saturated carbocycles. The van der Waals surface area contributed by atoms with Crippen molar-refractivity contribution in [2.45, 2.75) is 117 Å². The van der Waals surface area contributed by atoms with Crippen LogP contribution in [-0.2, 0) is 27.1 Å². The van der Waals surface area contributed by atoms with Gasteiger partial charge < -0.3 is 14.7 Å². The molecule has 0 N–H and O–H groups in total. The van der Waals surface area contributed by atoms with Gasteiger partial charge in [0.2, 0.25) is 0 Å². The van der Waals surface area contributed by atoms with Crippen LogP contribution in [0.25, 0.3) is 0 Å². The Balaban J connectivity index is 1.13. The zero-order chi connectivity index (χ0) is 61.5. The van der Waals surface area contributed by atoms with Gasteiger partial charge in [-0.25, -0.2) is 0 Å². The van der Waals surface area contributed by atoms with E-state index >= 15 is 0 Å². The van der Waals surface area contributed by atoms with Crippen molar-refractivity contribution < 1.29 is 0 Å². The molecule has 88 heavy (non-hydrogen) atoms. The van der Waals surface area contributed by atoms with E-state index in [4.69, 9.17) is 0 Å². The van der Waals surface area contributed by atoms with Gasteiger partial charge in [-0.15, -0.1) is 0 Å². The first-order valence-corrected chi connectivity index (χ1v) is 31.6. The summed E-state index contributed by atoms with van der Waals surface area (Å²) < 4.78 is 0. The molecule has 3 nitrogen and oxygen atoms in total. The molecule has 0 aromatic heterocycles. The van der Waals surface area contributed by atoms with Gasteiger partial charge in [-0.05, 0) is 158 Å². The third kappa shape index (κ3) is 10.1. The molecule has 11 aromatic rings. The zero-order valence-electron chi connectivity index (χ0n) is 53.7. The normalized spacial score (nSPS) is 13.2. The van der Waals surface area contributed by atoms with Gasteiger partial charge >= 0.3 is 0 Å². The number of aryl methyl sites for hydroxylation is 2. The summed E-state index contributed by atoms with van der Waals surface area (Å²) >= 11 is 0. The second kappa shape index (κ2) is 21.9. The lowest BCUT2D eigenvalue weighted by atomic mass is 9.33. The number of hydrogen-bond donors (Lipinski definition) is 0. The van der Waals surface area contributed by atoms with Gasteiger partial charge in [-0.1, -0.05) is 276 Å². The van der Waals surface area contributed by atoms with E-state index in [9.17, 15) is 0 Å². The van der Waals surface area contributed by atoms with Gasteiger partial charge in [0.05, 0.1) is 5.69 Å². The molecule has 13 rings (SSSR count). The molecule has 11 aromatic carbocycles. The first-order valence-electron chi connectivity index (χ1n) is 31.6. The fourth-order valence-electron chi connectivity index (χ4n) is 14.2. The molecule has 0 saturated heterocycles. The minimum Gasteiger partial charge on any atom is -0.311 e. The molecule has 4 heteroatoms. The Morgan fingerprint density at radius 2 is 0.636 bits per heavy atom. The number of benzene rings is 11. The summed E-state index contributed by atoms with van der Waals surface area (Å²) in [4.78, 5) is 7.71. The summed E-state index contributed by atoms with van der Waals surface area (Å²) in [5.41, 5.74) is 27.0. The lowest BCUT2D eigenvalue weighted by Crippen LogP contribution is -2.61. The molecule has 0 atom stereocenters. The quantitative estimate of drug-likeness (QED) is 0.107. The van der Waals surface area contributed by atoms with Gasteiger partial charge in [0.25, 0.3) is 6.71 Å². The fourth-order valence-corrected chi connectivity index (χ4v) is 14.2. The number of anilines is 9. The smallest absolute Gasteiger partial charge is 0.252 e. The highest BCUT2D eigenvalue weighted by Gasteiger charge is 2.46. The largest absolute Gasteiger partial charge is 0.311 e. The first kappa shape index (κ1) is 57.9. The Morgan fingerprint density at radius 1 is 0.295 bits per heavy atom. The van der Waals surface area contributed by atoms with Crippen molar-refractivity contribution in [3.63, 3.8) is 0 Å². The third-order valence-electron chi connectivity index (χ3n) is 20.0. The van der Waals surface area contributed by atoms with Crippen LogP contribution >= 0.6 is 0 Å². The zero-order valence-corrected chi connectivity index (χ0v) is 53.7. The van der Waals surface area contributed by atoms with E-state index in [-0.39, 0.29) is 33.8 Å². The summed E-state index contributed by atoms with van der Waals surface area (Å²) in [6.07, 6.45) is 0. The summed E-state index contributed by atoms with van der Waals surface area (Å²) in [5, 5.41) is 0. The maximum atomic E-state index is 2.60. The molecule has 0 aliphatic carbocycles. The SMILES string of the molecule is Cc1ccc(N(c2ccc(C(C)(C)C)cc2)c2cc3c4c(c2)N(c2ccc(C(C)(C)c5ccccc5)cc2)c2ccc(C(C)(C)c5ccccc5)cc2B4c2cc(C(C)(C)c4ccccc4)ccc2N3c2ccc(C(C)(C)c3ccccc3)cc2)c(C)c1. The topological polar surface area (TPSA) is 9.72 Å². The van der Waals surface area contributed by atoms with Crippen LogP contribution in [0.3, 0.4) is 0 Å². The summed E-state index contributed by atoms with van der Waals surface area (Å²) in [6.45, 7) is 30.2. The van der Waals surface area contributed by atoms with Crippen molar-refractivity contribution in [2.75, 3.05) is 14.7 Å². The second-order valence-electron chi connectivity index (χ2n) is 28.0. The number of hydrogen-bond acceptors (Lipinski definition) is 3. The molecular weight excluding hydrogens is 1060 g/mol. The molecule has 0 spiro atoms. The Bertz CT molecular complexity index is 4120. The highest BCUT2D eigenvalue weighted by Crippen LogP contribution is 2.51. The molecule has 0 amide bonds. The number of nitrogens with zero attached hydrogens (tertiary/aromatic N) is 3. The van der Waals surface area contributed by atoms with E-state index in [1.54, 1.807) is 0 Å². The fraction of sp³-hybridized carbons (Fsp3) is 0.214. The van der Waals surface area contributed by atoms with Gasteiger partial charge in [-0.2, -0.15) is 0 Å². The average Bonchev–Trinajstić information content (AvgIpc) is 0.830. The third-order valence-corrected chi connectivity index (χ3v) is 20.0. The Hall–Kier alpha value is -9.12. The molecule has 0 fully saturated rings. The minimum absolute atomic E-state index is 0.0139. The van der Waals surface area contributed by atoms with Crippen molar-refractivity contribution in [1.29, 1.82) is 0 Å². The van der Waals surface area contributed by atoms with Crippen LogP contribution in [0, 0.1) is 13.8 Å². The van der Waals surface area contributed by atoms with Crippen molar-refractivity contribution >= 4 is 74.3 Å². The Kier molecular flexibility index (Phi) is 14.4. The predicted octanol–water partition coefficient (Wildman–Crippen LogP) is 20.5. The summed E-state index contributed by atoms with van der Waals surface area (Å²) in [7, 11) is 0. The van der Waals surface area contributed by atoms with Gasteiger partial charge in [0.1, 0.15) is 0 Å². The first-order chi connectivity index (χ1) is 42.1. The van der Waals surface area contributed by atoms with Gasteiger partial charge in [0.15, 0.2) is 0 Å². The van der Waals surface area contributed by atoms with Crippen LogP contribution in [0.2, 0.25) is 0 Å². The van der Waals surface area contributed by atoms with E-state index in [2.05, 4.69) is 366 Å². The van der Waals surface area contributed by atoms with Crippen LogP contribution in [0.4, 0.5) is 51.2 Å². The van der Waals surface area contributed by atoms with Crippen LogP contribution in [0.5, 0.6) is 0 Å². The van der Waals surface area contributed by atoms with Crippen molar-refractivity contribution in [2.24, 2.45) is 0 Å². The Labute approximate surface area is 525 Å². The van der Waals surface area contributed by atoms with Crippen LogP contribution in [0.15, 0.2) is 261 Å². The van der Waals surface area contributed by atoms with E-state index in [1.807, 2.05) is 0 Å². The van der Waals surface area contributed by atoms with Gasteiger partial charge in [0, 0.05) is 67.2 Å². The molecular formula is C84H82BN3. The highest BCUT2D eigenvalue weighted by molar-refractivity contribution is 7.00. The van der Waals surface area contributed by atoms with E-state index in [1.165, 1.54) is 89.0 Å². The number of rotatable bonds is 13. The predicted molar refractivity (Wildman–Crippen MR) is 378 cm³/mol. The molecule has 436 valence electrons. The van der Waals surface area contributed by atoms with Gasteiger partial charge in [-0.3, -0.25) is 0 Å². The standard InChI is InChI=1S/C84H82BN3/c1-57-34-49-74(58(2)52-57)86(68-43-35-59(36-44-68)80(3,4)5)71-55-77-79-78(56-71)88(70-47-39-65(40-48-70)82(8,9)61-28-20-15-21-29-61)76-51-42-67(84(12,13)63-32-24-17-25-33-63)54-73(76)85(79)72-53-66(83(10,11)62-30-22-16-23-31-62)41-50-75(72)87(77)69-45-37-64(38-46-69)81(6,7)60-26-18-14-19-27-60/h14-56H,1-13H3. The van der Waals surface area contributed by atoms with Crippen LogP contribution in [-0.4, -0.2) is 6.71 Å². The summed E-state index contributed by atoms with van der Waals surface area (Å²) in [5.74, 6) is 0. The lowest BCUT2D eigenvalue weighted by Gasteiger charge is -2.46. The molecule has 2 aliphatic rings. The number of fused-ring (bicyclic) bond motifs is 4. The second-order valence-corrected chi connectivity index (χ2v) is 28.0. The van der Waals surface area contributed by atoms with E-state index in [0.717, 1.165) is 39.8 Å². The lowest BCUT2D eigenvalue weighted by molar-refractivity contribution is 0.590. The van der Waals surface area contributed by atoms with Crippen molar-refractivity contribution in [3.8, 4) is 0 Å². The molecule has 0 bridgehead atoms. The molecule has 0 unspecified atom stereocenters. The minimum atomic E-state index is -0.302. The summed E-state index contributed by atoms with van der Waals surface area (Å²) in [6, 6.07) is 99.1. The molecule has 0 radical (unpaired) electrons.